The molecule has 0 aromatic rings. The number of amides is 2. The van der Waals surface area contributed by atoms with Crippen molar-refractivity contribution in [2.24, 2.45) is 5.92 Å². The van der Waals surface area contributed by atoms with E-state index in [1.807, 2.05) is 13.8 Å². The highest BCUT2D eigenvalue weighted by atomic mass is 16.5. The number of hydrogen-bond acceptors (Lipinski definition) is 4. The summed E-state index contributed by atoms with van der Waals surface area (Å²) in [7, 11) is 1.29. The Labute approximate surface area is 106 Å². The van der Waals surface area contributed by atoms with Gasteiger partial charge in [-0.05, 0) is 12.3 Å². The summed E-state index contributed by atoms with van der Waals surface area (Å²) in [5.41, 5.74) is 0. The fourth-order valence-electron chi connectivity index (χ4n) is 1.86. The lowest BCUT2D eigenvalue weighted by Gasteiger charge is -2.23. The minimum atomic E-state index is -0.662. The van der Waals surface area contributed by atoms with Crippen molar-refractivity contribution in [3.63, 3.8) is 0 Å². The van der Waals surface area contributed by atoms with Crippen LogP contribution in [0.25, 0.3) is 0 Å². The van der Waals surface area contributed by atoms with Gasteiger partial charge in [-0.25, -0.2) is 4.79 Å². The Morgan fingerprint density at radius 1 is 1.56 bits per heavy atom. The molecule has 6 nitrogen and oxygen atoms in total. The minimum Gasteiger partial charge on any atom is -0.467 e. The molecule has 1 saturated heterocycles. The van der Waals surface area contributed by atoms with Crippen LogP contribution in [-0.4, -0.2) is 37.0 Å². The van der Waals surface area contributed by atoms with E-state index in [-0.39, 0.29) is 17.7 Å². The van der Waals surface area contributed by atoms with Gasteiger partial charge in [0.05, 0.1) is 7.11 Å². The van der Waals surface area contributed by atoms with E-state index in [0.717, 1.165) is 6.42 Å². The average Bonchev–Trinajstić information content (AvgIpc) is 2.80. The summed E-state index contributed by atoms with van der Waals surface area (Å²) < 4.78 is 4.68. The largest absolute Gasteiger partial charge is 0.467 e. The Morgan fingerprint density at radius 2 is 2.22 bits per heavy atom. The second kappa shape index (κ2) is 6.37. The molecule has 1 rings (SSSR count). The summed E-state index contributed by atoms with van der Waals surface area (Å²) in [6, 6.07) is -1.20. The predicted molar refractivity (Wildman–Crippen MR) is 64.6 cm³/mol. The zero-order chi connectivity index (χ0) is 13.7. The van der Waals surface area contributed by atoms with E-state index >= 15 is 0 Å². The highest BCUT2D eigenvalue weighted by Gasteiger charge is 2.32. The van der Waals surface area contributed by atoms with Gasteiger partial charge in [-0.1, -0.05) is 20.3 Å². The second-order valence-corrected chi connectivity index (χ2v) is 4.55. The van der Waals surface area contributed by atoms with E-state index in [2.05, 4.69) is 15.4 Å². The number of hydrogen-bond donors (Lipinski definition) is 2. The molecule has 0 aliphatic carbocycles. The Morgan fingerprint density at radius 3 is 2.67 bits per heavy atom. The molecule has 2 amide bonds. The van der Waals surface area contributed by atoms with Crippen molar-refractivity contribution in [3.05, 3.63) is 0 Å². The lowest BCUT2D eigenvalue weighted by atomic mass is 9.99. The van der Waals surface area contributed by atoms with Crippen LogP contribution in [0.5, 0.6) is 0 Å². The van der Waals surface area contributed by atoms with Gasteiger partial charge in [0.15, 0.2) is 0 Å². The van der Waals surface area contributed by atoms with E-state index in [9.17, 15) is 14.4 Å². The van der Waals surface area contributed by atoms with E-state index in [4.69, 9.17) is 0 Å². The predicted octanol–water partition coefficient (Wildman–Crippen LogP) is -0.0311. The Hall–Kier alpha value is -1.59. The molecule has 18 heavy (non-hydrogen) atoms. The van der Waals surface area contributed by atoms with Crippen LogP contribution in [0.3, 0.4) is 0 Å². The van der Waals surface area contributed by atoms with Crippen LogP contribution >= 0.6 is 0 Å². The number of ether oxygens (including phenoxy) is 1. The van der Waals surface area contributed by atoms with Crippen molar-refractivity contribution in [2.45, 2.75) is 45.2 Å². The second-order valence-electron chi connectivity index (χ2n) is 4.55. The van der Waals surface area contributed by atoms with Crippen molar-refractivity contribution in [1.82, 2.24) is 10.6 Å². The van der Waals surface area contributed by atoms with Crippen LogP contribution in [0.15, 0.2) is 0 Å². The summed E-state index contributed by atoms with van der Waals surface area (Å²) in [5.74, 6) is -0.926. The quantitative estimate of drug-likeness (QED) is 0.676. The SMILES string of the molecule is CC[C@@H](C)[C@@H](NC(=O)[C@H]1CCC(=O)N1)C(=O)OC. The van der Waals surface area contributed by atoms with Crippen LogP contribution in [0.4, 0.5) is 0 Å². The van der Waals surface area contributed by atoms with Gasteiger partial charge in [0.1, 0.15) is 12.1 Å². The van der Waals surface area contributed by atoms with Gasteiger partial charge in [0.2, 0.25) is 11.8 Å². The molecule has 1 heterocycles. The third kappa shape index (κ3) is 3.45. The fraction of sp³-hybridized carbons (Fsp3) is 0.750. The van der Waals surface area contributed by atoms with Crippen molar-refractivity contribution in [3.8, 4) is 0 Å². The Bertz CT molecular complexity index is 343. The number of esters is 1. The smallest absolute Gasteiger partial charge is 0.328 e. The first-order valence-electron chi connectivity index (χ1n) is 6.17. The Balaban J connectivity index is 2.62. The third-order valence-electron chi connectivity index (χ3n) is 3.28. The maximum absolute atomic E-state index is 11.9. The lowest BCUT2D eigenvalue weighted by Crippen LogP contribution is -2.51. The molecule has 0 unspecified atom stereocenters. The van der Waals surface area contributed by atoms with Crippen molar-refractivity contribution < 1.29 is 19.1 Å². The third-order valence-corrected chi connectivity index (χ3v) is 3.28. The van der Waals surface area contributed by atoms with Gasteiger partial charge in [-0.15, -0.1) is 0 Å². The first-order chi connectivity index (χ1) is 8.49. The summed E-state index contributed by atoms with van der Waals surface area (Å²) >= 11 is 0. The number of nitrogens with one attached hydrogen (secondary N) is 2. The number of carbonyl (C=O) groups is 3. The van der Waals surface area contributed by atoms with Gasteiger partial charge >= 0.3 is 5.97 Å². The molecule has 0 aromatic heterocycles. The summed E-state index contributed by atoms with van der Waals surface area (Å²) in [4.78, 5) is 34.6. The maximum Gasteiger partial charge on any atom is 0.328 e. The zero-order valence-electron chi connectivity index (χ0n) is 11.0. The normalized spacial score (nSPS) is 21.9. The maximum atomic E-state index is 11.9. The first kappa shape index (κ1) is 14.5. The molecule has 0 spiro atoms. The fourth-order valence-corrected chi connectivity index (χ4v) is 1.86. The van der Waals surface area contributed by atoms with Crippen molar-refractivity contribution >= 4 is 17.8 Å². The molecule has 1 fully saturated rings. The number of methoxy groups -OCH3 is 1. The molecule has 3 atom stereocenters. The van der Waals surface area contributed by atoms with E-state index in [1.54, 1.807) is 0 Å². The molecule has 1 aliphatic rings. The van der Waals surface area contributed by atoms with Crippen molar-refractivity contribution in [1.29, 1.82) is 0 Å². The van der Waals surface area contributed by atoms with Crippen molar-refractivity contribution in [2.75, 3.05) is 7.11 Å². The molecular weight excluding hydrogens is 236 g/mol. The molecule has 0 bridgehead atoms. The minimum absolute atomic E-state index is 0.0153. The topological polar surface area (TPSA) is 84.5 Å². The Kier molecular flexibility index (Phi) is 5.12. The summed E-state index contributed by atoms with van der Waals surface area (Å²) in [6.07, 6.45) is 1.57. The van der Waals surface area contributed by atoms with Gasteiger partial charge in [0.25, 0.3) is 0 Å². The van der Waals surface area contributed by atoms with Crippen LogP contribution in [0, 0.1) is 5.92 Å². The van der Waals surface area contributed by atoms with Crippen LogP contribution in [0.2, 0.25) is 0 Å². The lowest BCUT2D eigenvalue weighted by molar-refractivity contribution is -0.146. The molecule has 2 N–H and O–H groups in total. The standard InChI is InChI=1S/C12H20N2O4/c1-4-7(2)10(12(17)18-3)14-11(16)8-5-6-9(15)13-8/h7-8,10H,4-6H2,1-3H3,(H,13,15)(H,14,16)/t7-,8-,10-/m1/s1. The van der Waals surface area contributed by atoms with E-state index in [0.29, 0.717) is 12.8 Å². The highest BCUT2D eigenvalue weighted by molar-refractivity contribution is 5.93. The molecule has 0 saturated carbocycles. The van der Waals surface area contributed by atoms with Gasteiger partial charge in [0, 0.05) is 6.42 Å². The van der Waals surface area contributed by atoms with Crippen LogP contribution < -0.4 is 10.6 Å². The van der Waals surface area contributed by atoms with Crippen LogP contribution in [0.1, 0.15) is 33.1 Å². The molecule has 6 heteroatoms. The number of rotatable bonds is 5. The van der Waals surface area contributed by atoms with Gasteiger partial charge < -0.3 is 15.4 Å². The molecular formula is C12H20N2O4. The monoisotopic (exact) mass is 256 g/mol. The summed E-state index contributed by atoms with van der Waals surface area (Å²) in [6.45, 7) is 3.80. The molecule has 0 radical (unpaired) electrons. The molecule has 102 valence electrons. The van der Waals surface area contributed by atoms with E-state index < -0.39 is 18.1 Å². The van der Waals surface area contributed by atoms with E-state index in [1.165, 1.54) is 7.11 Å². The van der Waals surface area contributed by atoms with Gasteiger partial charge in [-0.3, -0.25) is 9.59 Å². The first-order valence-corrected chi connectivity index (χ1v) is 6.17. The highest BCUT2D eigenvalue weighted by Crippen LogP contribution is 2.12. The summed E-state index contributed by atoms with van der Waals surface area (Å²) in [5, 5.41) is 5.22. The average molecular weight is 256 g/mol. The molecule has 0 aromatic carbocycles. The zero-order valence-corrected chi connectivity index (χ0v) is 11.0. The van der Waals surface area contributed by atoms with Crippen LogP contribution in [-0.2, 0) is 19.1 Å². The molecule has 1 aliphatic heterocycles. The number of carbonyl (C=O) groups excluding carboxylic acids is 3. The van der Waals surface area contributed by atoms with Gasteiger partial charge in [-0.2, -0.15) is 0 Å².